The highest BCUT2D eigenvalue weighted by Crippen LogP contribution is 2.29. The fourth-order valence-electron chi connectivity index (χ4n) is 1.99. The summed E-state index contributed by atoms with van der Waals surface area (Å²) in [6.07, 6.45) is 3.37. The van der Waals surface area contributed by atoms with E-state index in [0.29, 0.717) is 18.5 Å². The minimum absolute atomic E-state index is 0.166. The molecule has 5 heteroatoms. The van der Waals surface area contributed by atoms with Gasteiger partial charge in [0, 0.05) is 6.07 Å². The second-order valence-corrected chi connectivity index (χ2v) is 4.19. The Labute approximate surface area is 93.4 Å². The van der Waals surface area contributed by atoms with E-state index in [9.17, 15) is 4.79 Å². The predicted molar refractivity (Wildman–Crippen MR) is 55.5 cm³/mol. The van der Waals surface area contributed by atoms with Crippen LogP contribution in [-0.2, 0) is 0 Å². The minimum Gasteiger partial charge on any atom is -0.351 e. The monoisotopic (exact) mass is 219 g/mol. The Bertz CT molecular complexity index is 438. The van der Waals surface area contributed by atoms with E-state index in [0.717, 1.165) is 12.8 Å². The molecule has 0 bridgehead atoms. The molecule has 2 rings (SSSR count). The van der Waals surface area contributed by atoms with Gasteiger partial charge < -0.3 is 9.84 Å². The van der Waals surface area contributed by atoms with E-state index in [1.165, 1.54) is 0 Å². The van der Waals surface area contributed by atoms with Crippen molar-refractivity contribution in [2.24, 2.45) is 0 Å². The number of carbonyl (C=O) groups excluding carboxylic acids is 1. The molecule has 1 saturated carbocycles. The molecule has 0 radical (unpaired) electrons. The average Bonchev–Trinajstić information content (AvgIpc) is 2.88. The first-order valence-electron chi connectivity index (χ1n) is 5.32. The quantitative estimate of drug-likeness (QED) is 0.818. The summed E-state index contributed by atoms with van der Waals surface area (Å²) in [4.78, 5) is 11.8. The minimum atomic E-state index is -0.711. The predicted octanol–water partition coefficient (Wildman–Crippen LogP) is 1.55. The third kappa shape index (κ3) is 1.91. The summed E-state index contributed by atoms with van der Waals surface area (Å²) in [5, 5.41) is 15.5. The van der Waals surface area contributed by atoms with Crippen LogP contribution >= 0.6 is 0 Å². The number of rotatable bonds is 2. The van der Waals surface area contributed by atoms with Gasteiger partial charge in [0.1, 0.15) is 5.54 Å². The summed E-state index contributed by atoms with van der Waals surface area (Å²) in [7, 11) is 0. The van der Waals surface area contributed by atoms with Crippen LogP contribution in [0.5, 0.6) is 0 Å². The van der Waals surface area contributed by atoms with Crippen molar-refractivity contribution >= 4 is 5.91 Å². The maximum atomic E-state index is 11.8. The van der Waals surface area contributed by atoms with E-state index in [1.54, 1.807) is 13.0 Å². The number of amides is 1. The van der Waals surface area contributed by atoms with Crippen molar-refractivity contribution in [2.45, 2.75) is 38.1 Å². The van der Waals surface area contributed by atoms with Gasteiger partial charge in [0.25, 0.3) is 5.91 Å². The van der Waals surface area contributed by atoms with Gasteiger partial charge in [0.15, 0.2) is 0 Å². The van der Waals surface area contributed by atoms with Crippen LogP contribution < -0.4 is 5.32 Å². The number of aromatic nitrogens is 1. The lowest BCUT2D eigenvalue weighted by Crippen LogP contribution is -2.44. The van der Waals surface area contributed by atoms with E-state index in [2.05, 4.69) is 16.5 Å². The molecule has 84 valence electrons. The lowest BCUT2D eigenvalue weighted by molar-refractivity contribution is 0.0883. The summed E-state index contributed by atoms with van der Waals surface area (Å²) in [5.74, 6) is -0.192. The topological polar surface area (TPSA) is 78.9 Å². The van der Waals surface area contributed by atoms with Gasteiger partial charge >= 0.3 is 0 Å². The zero-order valence-corrected chi connectivity index (χ0v) is 9.12. The van der Waals surface area contributed by atoms with E-state index < -0.39 is 5.54 Å². The summed E-state index contributed by atoms with van der Waals surface area (Å²) in [5.41, 5.74) is -0.0554. The average molecular weight is 219 g/mol. The van der Waals surface area contributed by atoms with Crippen LogP contribution in [-0.4, -0.2) is 16.6 Å². The van der Waals surface area contributed by atoms with Gasteiger partial charge in [-0.1, -0.05) is 5.16 Å². The Kier molecular flexibility index (Phi) is 2.65. The fraction of sp³-hybridized carbons (Fsp3) is 0.545. The van der Waals surface area contributed by atoms with Gasteiger partial charge in [-0.2, -0.15) is 5.26 Å². The molecular formula is C11H13N3O2. The van der Waals surface area contributed by atoms with E-state index in [4.69, 9.17) is 9.78 Å². The largest absolute Gasteiger partial charge is 0.351 e. The van der Waals surface area contributed by atoms with Crippen molar-refractivity contribution < 1.29 is 9.32 Å². The molecule has 16 heavy (non-hydrogen) atoms. The smallest absolute Gasteiger partial charge is 0.291 e. The maximum Gasteiger partial charge on any atom is 0.291 e. The number of aryl methyl sites for hydroxylation is 1. The number of hydrogen-bond donors (Lipinski definition) is 1. The molecule has 1 aromatic heterocycles. The Morgan fingerprint density at radius 2 is 2.31 bits per heavy atom. The maximum absolute atomic E-state index is 11.8. The molecule has 1 amide bonds. The molecule has 0 atom stereocenters. The van der Waals surface area contributed by atoms with Gasteiger partial charge in [-0.05, 0) is 32.6 Å². The third-order valence-corrected chi connectivity index (χ3v) is 2.88. The fourth-order valence-corrected chi connectivity index (χ4v) is 1.99. The number of nitrogens with one attached hydrogen (secondary N) is 1. The number of carbonyl (C=O) groups is 1. The molecule has 0 unspecified atom stereocenters. The summed E-state index contributed by atoms with van der Waals surface area (Å²) >= 11 is 0. The molecule has 1 aromatic rings. The number of nitriles is 1. The van der Waals surface area contributed by atoms with Crippen LogP contribution in [0.15, 0.2) is 10.6 Å². The van der Waals surface area contributed by atoms with Crippen molar-refractivity contribution in [1.29, 1.82) is 5.26 Å². The molecule has 1 aliphatic rings. The number of nitrogens with zero attached hydrogens (tertiary/aromatic N) is 2. The SMILES string of the molecule is Cc1cc(C(=O)NC2(C#N)CCCC2)on1. The van der Waals surface area contributed by atoms with Crippen LogP contribution in [0.4, 0.5) is 0 Å². The second kappa shape index (κ2) is 3.97. The Balaban J connectivity index is 2.10. The van der Waals surface area contributed by atoms with Crippen molar-refractivity contribution in [2.75, 3.05) is 0 Å². The summed E-state index contributed by atoms with van der Waals surface area (Å²) < 4.78 is 4.85. The normalized spacial score (nSPS) is 18.0. The van der Waals surface area contributed by atoms with Gasteiger partial charge in [-0.25, -0.2) is 0 Å². The van der Waals surface area contributed by atoms with E-state index in [-0.39, 0.29) is 11.7 Å². The Hall–Kier alpha value is -1.83. The van der Waals surface area contributed by atoms with Crippen LogP contribution in [0.1, 0.15) is 41.9 Å². The lowest BCUT2D eigenvalue weighted by atomic mass is 10.00. The molecule has 5 nitrogen and oxygen atoms in total. The molecular weight excluding hydrogens is 206 g/mol. The Morgan fingerprint density at radius 1 is 1.62 bits per heavy atom. The number of hydrogen-bond acceptors (Lipinski definition) is 4. The second-order valence-electron chi connectivity index (χ2n) is 4.19. The zero-order chi connectivity index (χ0) is 11.6. The molecule has 1 N–H and O–H groups in total. The first kappa shape index (κ1) is 10.7. The first-order valence-corrected chi connectivity index (χ1v) is 5.32. The van der Waals surface area contributed by atoms with Crippen molar-refractivity contribution in [1.82, 2.24) is 10.5 Å². The zero-order valence-electron chi connectivity index (χ0n) is 9.12. The molecule has 0 aliphatic heterocycles. The van der Waals surface area contributed by atoms with E-state index in [1.807, 2.05) is 0 Å². The molecule has 1 aliphatic carbocycles. The van der Waals surface area contributed by atoms with Crippen LogP contribution in [0.3, 0.4) is 0 Å². The van der Waals surface area contributed by atoms with Crippen LogP contribution in [0.25, 0.3) is 0 Å². The summed E-state index contributed by atoms with van der Waals surface area (Å²) in [6.45, 7) is 1.75. The van der Waals surface area contributed by atoms with Crippen LogP contribution in [0.2, 0.25) is 0 Å². The molecule has 0 spiro atoms. The lowest BCUT2D eigenvalue weighted by Gasteiger charge is -2.20. The third-order valence-electron chi connectivity index (χ3n) is 2.88. The molecule has 1 heterocycles. The van der Waals surface area contributed by atoms with Gasteiger partial charge in [-0.3, -0.25) is 4.79 Å². The standard InChI is InChI=1S/C11H13N3O2/c1-8-6-9(16-14-8)10(15)13-11(7-12)4-2-3-5-11/h6H,2-5H2,1H3,(H,13,15). The van der Waals surface area contributed by atoms with Crippen molar-refractivity contribution in [3.8, 4) is 6.07 Å². The highest BCUT2D eigenvalue weighted by molar-refractivity contribution is 5.92. The van der Waals surface area contributed by atoms with Gasteiger partial charge in [0.05, 0.1) is 11.8 Å². The van der Waals surface area contributed by atoms with Gasteiger partial charge in [-0.15, -0.1) is 0 Å². The first-order chi connectivity index (χ1) is 7.65. The highest BCUT2D eigenvalue weighted by Gasteiger charge is 2.36. The Morgan fingerprint density at radius 3 is 2.81 bits per heavy atom. The van der Waals surface area contributed by atoms with Crippen molar-refractivity contribution in [3.63, 3.8) is 0 Å². The highest BCUT2D eigenvalue weighted by atomic mass is 16.5. The van der Waals surface area contributed by atoms with E-state index >= 15 is 0 Å². The van der Waals surface area contributed by atoms with Gasteiger partial charge in [0.2, 0.25) is 5.76 Å². The molecule has 1 fully saturated rings. The molecule has 0 saturated heterocycles. The summed E-state index contributed by atoms with van der Waals surface area (Å²) in [6, 6.07) is 3.76. The molecule has 0 aromatic carbocycles. The van der Waals surface area contributed by atoms with Crippen molar-refractivity contribution in [3.05, 3.63) is 17.5 Å². The van der Waals surface area contributed by atoms with Crippen LogP contribution in [0, 0.1) is 18.3 Å².